The zero-order chi connectivity index (χ0) is 21.8. The maximum atomic E-state index is 12.7. The molecule has 3 aromatic rings. The monoisotopic (exact) mass is 491 g/mol. The fourth-order valence-electron chi connectivity index (χ4n) is 2.83. The van der Waals surface area contributed by atoms with Gasteiger partial charge >= 0.3 is 5.97 Å². The molecule has 1 aromatic heterocycles. The van der Waals surface area contributed by atoms with Gasteiger partial charge in [-0.15, -0.1) is 0 Å². The van der Waals surface area contributed by atoms with E-state index in [1.54, 1.807) is 42.5 Å². The van der Waals surface area contributed by atoms with Crippen molar-refractivity contribution in [2.45, 2.75) is 20.4 Å². The van der Waals surface area contributed by atoms with Gasteiger partial charge < -0.3 is 10.1 Å². The number of nitrogens with one attached hydrogen (secondary N) is 1. The summed E-state index contributed by atoms with van der Waals surface area (Å²) in [5.41, 5.74) is 0.105. The summed E-state index contributed by atoms with van der Waals surface area (Å²) in [4.78, 5) is 37.5. The molecule has 0 atom stereocenters. The highest BCUT2D eigenvalue weighted by Gasteiger charge is 2.19. The minimum Gasteiger partial charge on any atom is -0.451 e. The van der Waals surface area contributed by atoms with Crippen LogP contribution in [0.25, 0.3) is 10.8 Å². The topological polar surface area (TPSA) is 90.3 Å². The number of hydrogen-bond acceptors (Lipinski definition) is 5. The third kappa shape index (κ3) is 5.06. The van der Waals surface area contributed by atoms with Gasteiger partial charge in [0.15, 0.2) is 12.3 Å². The molecule has 0 aliphatic rings. The smallest absolute Gasteiger partial charge is 0.359 e. The maximum absolute atomic E-state index is 12.7. The van der Waals surface area contributed by atoms with Crippen LogP contribution in [0, 0.1) is 5.92 Å². The van der Waals surface area contributed by atoms with Crippen LogP contribution in [0.2, 0.25) is 5.02 Å². The van der Waals surface area contributed by atoms with E-state index in [9.17, 15) is 14.4 Å². The third-order valence-electron chi connectivity index (χ3n) is 4.14. The lowest BCUT2D eigenvalue weighted by Gasteiger charge is -2.12. The van der Waals surface area contributed by atoms with Gasteiger partial charge in [0.25, 0.3) is 11.5 Å². The van der Waals surface area contributed by atoms with Gasteiger partial charge in [-0.25, -0.2) is 9.48 Å². The van der Waals surface area contributed by atoms with Gasteiger partial charge in [0, 0.05) is 16.4 Å². The Morgan fingerprint density at radius 2 is 1.90 bits per heavy atom. The first-order valence-electron chi connectivity index (χ1n) is 9.18. The van der Waals surface area contributed by atoms with E-state index < -0.39 is 18.5 Å². The number of carbonyl (C=O) groups excluding carboxylic acids is 2. The van der Waals surface area contributed by atoms with Crippen molar-refractivity contribution in [1.82, 2.24) is 9.78 Å². The number of benzene rings is 2. The highest BCUT2D eigenvalue weighted by Crippen LogP contribution is 2.25. The Kier molecular flexibility index (Phi) is 6.89. The molecule has 0 saturated heterocycles. The number of aromatic nitrogens is 2. The number of anilines is 1. The van der Waals surface area contributed by atoms with E-state index in [1.165, 1.54) is 4.68 Å². The second kappa shape index (κ2) is 9.40. The summed E-state index contributed by atoms with van der Waals surface area (Å²) < 4.78 is 7.18. The fraction of sp³-hybridized carbons (Fsp3) is 0.238. The Morgan fingerprint density at radius 1 is 1.20 bits per heavy atom. The van der Waals surface area contributed by atoms with Crippen molar-refractivity contribution in [1.29, 1.82) is 0 Å². The summed E-state index contributed by atoms with van der Waals surface area (Å²) in [6, 6.07) is 11.7. The van der Waals surface area contributed by atoms with Crippen LogP contribution in [0.4, 0.5) is 5.69 Å². The minimum atomic E-state index is -0.791. The Hall–Kier alpha value is -2.71. The van der Waals surface area contributed by atoms with Gasteiger partial charge in [-0.2, -0.15) is 5.10 Å². The normalized spacial score (nSPS) is 11.0. The van der Waals surface area contributed by atoms with E-state index in [2.05, 4.69) is 26.3 Å². The molecule has 1 N–H and O–H groups in total. The third-order valence-corrected chi connectivity index (χ3v) is 4.94. The number of carbonyl (C=O) groups is 2. The van der Waals surface area contributed by atoms with Gasteiger partial charge in [0.2, 0.25) is 0 Å². The van der Waals surface area contributed by atoms with Crippen LogP contribution in [0.1, 0.15) is 24.3 Å². The van der Waals surface area contributed by atoms with Gasteiger partial charge in [-0.3, -0.25) is 9.59 Å². The van der Waals surface area contributed by atoms with Crippen LogP contribution >= 0.6 is 27.5 Å². The van der Waals surface area contributed by atoms with Gasteiger partial charge in [-0.1, -0.05) is 59.6 Å². The quantitative estimate of drug-likeness (QED) is 0.519. The molecule has 156 valence electrons. The number of hydrogen-bond donors (Lipinski definition) is 1. The van der Waals surface area contributed by atoms with E-state index in [0.29, 0.717) is 28.0 Å². The zero-order valence-corrected chi connectivity index (χ0v) is 18.7. The van der Waals surface area contributed by atoms with E-state index in [0.717, 1.165) is 4.47 Å². The first kappa shape index (κ1) is 22.0. The molecule has 3 rings (SSSR count). The van der Waals surface area contributed by atoms with Crippen LogP contribution in [-0.2, 0) is 16.1 Å². The molecule has 7 nitrogen and oxygen atoms in total. The van der Waals surface area contributed by atoms with E-state index in [-0.39, 0.29) is 17.2 Å². The Balaban J connectivity index is 1.80. The molecule has 0 aliphatic carbocycles. The van der Waals surface area contributed by atoms with Crippen LogP contribution < -0.4 is 10.9 Å². The average molecular weight is 493 g/mol. The van der Waals surface area contributed by atoms with E-state index >= 15 is 0 Å². The Morgan fingerprint density at radius 3 is 2.57 bits per heavy atom. The molecule has 0 aliphatic heterocycles. The first-order chi connectivity index (χ1) is 14.3. The molecule has 1 heterocycles. The summed E-state index contributed by atoms with van der Waals surface area (Å²) >= 11 is 9.36. The molecule has 0 spiro atoms. The van der Waals surface area contributed by atoms with Crippen LogP contribution in [0.15, 0.2) is 51.7 Å². The van der Waals surface area contributed by atoms with Crippen molar-refractivity contribution in [2.75, 3.05) is 11.9 Å². The molecule has 9 heteroatoms. The number of ether oxygens (including phenoxy) is 1. The molecular formula is C21H19BrClN3O4. The fourth-order valence-corrected chi connectivity index (χ4v) is 3.55. The molecule has 0 bridgehead atoms. The summed E-state index contributed by atoms with van der Waals surface area (Å²) in [6.07, 6.45) is 0. The number of nitrogens with zero attached hydrogens (tertiary/aromatic N) is 2. The second-order valence-electron chi connectivity index (χ2n) is 7.02. The van der Waals surface area contributed by atoms with Crippen molar-refractivity contribution < 1.29 is 14.3 Å². The highest BCUT2D eigenvalue weighted by molar-refractivity contribution is 9.10. The summed E-state index contributed by atoms with van der Waals surface area (Å²) in [7, 11) is 0. The van der Waals surface area contributed by atoms with Crippen molar-refractivity contribution in [2.24, 2.45) is 5.92 Å². The lowest BCUT2D eigenvalue weighted by Crippen LogP contribution is -2.29. The number of halogens is 2. The molecule has 0 unspecified atom stereocenters. The van der Waals surface area contributed by atoms with E-state index in [4.69, 9.17) is 16.3 Å². The van der Waals surface area contributed by atoms with Gasteiger partial charge in [0.05, 0.1) is 16.1 Å². The van der Waals surface area contributed by atoms with Gasteiger partial charge in [0.1, 0.15) is 0 Å². The first-order valence-corrected chi connectivity index (χ1v) is 10.3. The maximum Gasteiger partial charge on any atom is 0.359 e. The summed E-state index contributed by atoms with van der Waals surface area (Å²) in [6.45, 7) is 3.72. The molecule has 30 heavy (non-hydrogen) atoms. The predicted molar refractivity (Wildman–Crippen MR) is 119 cm³/mol. The van der Waals surface area contributed by atoms with Gasteiger partial charge in [-0.05, 0) is 30.2 Å². The minimum absolute atomic E-state index is 0.0136. The van der Waals surface area contributed by atoms with Crippen molar-refractivity contribution >= 4 is 55.9 Å². The second-order valence-corrected chi connectivity index (χ2v) is 8.35. The number of amides is 1. The van der Waals surface area contributed by atoms with Crippen LogP contribution in [0.3, 0.4) is 0 Å². The summed E-state index contributed by atoms with van der Waals surface area (Å²) in [5, 5.41) is 7.87. The number of esters is 1. The lowest BCUT2D eigenvalue weighted by atomic mass is 10.1. The Labute approximate surface area is 186 Å². The predicted octanol–water partition coefficient (Wildman–Crippen LogP) is 4.26. The van der Waals surface area contributed by atoms with Crippen LogP contribution in [-0.4, -0.2) is 28.3 Å². The summed E-state index contributed by atoms with van der Waals surface area (Å²) in [5.74, 6) is -1.19. The van der Waals surface area contributed by atoms with Crippen molar-refractivity contribution in [3.8, 4) is 0 Å². The molecular weight excluding hydrogens is 474 g/mol. The van der Waals surface area contributed by atoms with Crippen LogP contribution in [0.5, 0.6) is 0 Å². The largest absolute Gasteiger partial charge is 0.451 e. The van der Waals surface area contributed by atoms with Crippen molar-refractivity contribution in [3.05, 3.63) is 68.0 Å². The average Bonchev–Trinajstić information content (AvgIpc) is 2.70. The molecule has 0 saturated carbocycles. The number of rotatable bonds is 6. The lowest BCUT2D eigenvalue weighted by molar-refractivity contribution is -0.119. The highest BCUT2D eigenvalue weighted by atomic mass is 79.9. The Bertz CT molecular complexity index is 1180. The molecule has 0 radical (unpaired) electrons. The zero-order valence-electron chi connectivity index (χ0n) is 16.3. The SMILES string of the molecule is CC(C)Cn1nc(C(=O)OCC(=O)Nc2ccc(Br)cc2Cl)c2ccccc2c1=O. The number of fused-ring (bicyclic) bond motifs is 1. The van der Waals surface area contributed by atoms with E-state index in [1.807, 2.05) is 13.8 Å². The molecule has 1 amide bonds. The molecule has 0 fully saturated rings. The van der Waals surface area contributed by atoms with Crippen molar-refractivity contribution in [3.63, 3.8) is 0 Å². The standard InChI is InChI=1S/C21H19BrClN3O4/c1-12(2)10-26-20(28)15-6-4-3-5-14(15)19(25-26)21(29)30-11-18(27)24-17-8-7-13(22)9-16(17)23/h3-9,12H,10-11H2,1-2H3,(H,24,27). The molecule has 2 aromatic carbocycles.